The van der Waals surface area contributed by atoms with E-state index >= 15 is 0 Å². The molecule has 2 heterocycles. The molecule has 1 aromatic heterocycles. The largest absolute Gasteiger partial charge is 0.373 e. The average Bonchev–Trinajstić information content (AvgIpc) is 2.47. The van der Waals surface area contributed by atoms with Crippen LogP contribution in [0.1, 0.15) is 55.9 Å². The van der Waals surface area contributed by atoms with Crippen molar-refractivity contribution in [2.24, 2.45) is 0 Å². The molecule has 1 aromatic rings. The number of aromatic nitrogens is 3. The van der Waals surface area contributed by atoms with Crippen molar-refractivity contribution in [2.75, 3.05) is 0 Å². The van der Waals surface area contributed by atoms with E-state index in [0.717, 1.165) is 30.9 Å². The van der Waals surface area contributed by atoms with Gasteiger partial charge in [-0.2, -0.15) is 0 Å². The summed E-state index contributed by atoms with van der Waals surface area (Å²) in [6.07, 6.45) is 6.20. The average molecular weight is 193 g/mol. The van der Waals surface area contributed by atoms with Crippen molar-refractivity contribution in [3.8, 4) is 0 Å². The van der Waals surface area contributed by atoms with Gasteiger partial charge in [0.15, 0.2) is 0 Å². The van der Waals surface area contributed by atoms with Gasteiger partial charge in [0, 0.05) is 12.3 Å². The predicted molar refractivity (Wildman–Crippen MR) is 50.8 cm³/mol. The quantitative estimate of drug-likeness (QED) is 0.733. The van der Waals surface area contributed by atoms with E-state index in [2.05, 4.69) is 10.2 Å². The molecule has 1 fully saturated rings. The lowest BCUT2D eigenvalue weighted by Gasteiger charge is -2.28. The molecule has 1 aliphatic heterocycles. The van der Waals surface area contributed by atoms with Gasteiger partial charge in [-0.25, -0.2) is 0 Å². The Bertz CT molecular complexity index is 343. The summed E-state index contributed by atoms with van der Waals surface area (Å²) in [6, 6.07) is 0. The third kappa shape index (κ3) is 1.10. The van der Waals surface area contributed by atoms with Gasteiger partial charge in [0.05, 0.1) is 0 Å². The van der Waals surface area contributed by atoms with Crippen LogP contribution >= 0.6 is 0 Å². The zero-order valence-corrected chi connectivity index (χ0v) is 8.19. The van der Waals surface area contributed by atoms with Gasteiger partial charge in [0.1, 0.15) is 17.9 Å². The third-order valence-electron chi connectivity index (χ3n) is 3.42. The van der Waals surface area contributed by atoms with E-state index in [-0.39, 0.29) is 6.23 Å². The van der Waals surface area contributed by atoms with Crippen molar-refractivity contribution in [1.82, 2.24) is 14.8 Å². The van der Waals surface area contributed by atoms with Gasteiger partial charge in [-0.15, -0.1) is 10.2 Å². The maximum atomic E-state index is 9.88. The van der Waals surface area contributed by atoms with Crippen LogP contribution in [0.4, 0.5) is 0 Å². The number of aliphatic hydroxyl groups is 1. The highest BCUT2D eigenvalue weighted by Crippen LogP contribution is 2.37. The minimum atomic E-state index is -0.371. The molecule has 1 saturated carbocycles. The molecule has 1 unspecified atom stereocenters. The highest BCUT2D eigenvalue weighted by Gasteiger charge is 2.30. The Balaban J connectivity index is 2.00. The minimum Gasteiger partial charge on any atom is -0.373 e. The standard InChI is InChI=1S/C10H15N3O/c14-9-6-2-5-8-11-12-10(13(8)9)7-3-1-4-7/h7,9,14H,1-6H2. The van der Waals surface area contributed by atoms with E-state index in [4.69, 9.17) is 0 Å². The number of hydrogen-bond donors (Lipinski definition) is 1. The van der Waals surface area contributed by atoms with Crippen molar-refractivity contribution in [1.29, 1.82) is 0 Å². The van der Waals surface area contributed by atoms with Crippen LogP contribution in [0.3, 0.4) is 0 Å². The zero-order valence-electron chi connectivity index (χ0n) is 8.19. The summed E-state index contributed by atoms with van der Waals surface area (Å²) >= 11 is 0. The fourth-order valence-corrected chi connectivity index (χ4v) is 2.35. The highest BCUT2D eigenvalue weighted by molar-refractivity contribution is 5.08. The second-order valence-corrected chi connectivity index (χ2v) is 4.35. The van der Waals surface area contributed by atoms with E-state index in [1.165, 1.54) is 19.3 Å². The molecule has 0 spiro atoms. The Labute approximate surface area is 83.0 Å². The fraction of sp³-hybridized carbons (Fsp3) is 0.800. The number of hydrogen-bond acceptors (Lipinski definition) is 3. The molecule has 2 aliphatic rings. The van der Waals surface area contributed by atoms with Crippen LogP contribution < -0.4 is 0 Å². The topological polar surface area (TPSA) is 50.9 Å². The van der Waals surface area contributed by atoms with E-state index in [0.29, 0.717) is 5.92 Å². The van der Waals surface area contributed by atoms with Crippen molar-refractivity contribution in [3.63, 3.8) is 0 Å². The van der Waals surface area contributed by atoms with Gasteiger partial charge in [-0.05, 0) is 25.7 Å². The summed E-state index contributed by atoms with van der Waals surface area (Å²) in [7, 11) is 0. The molecular formula is C10H15N3O. The zero-order chi connectivity index (χ0) is 9.54. The molecule has 0 saturated heterocycles. The molecule has 4 heteroatoms. The van der Waals surface area contributed by atoms with Gasteiger partial charge in [-0.1, -0.05) is 6.42 Å². The molecule has 4 nitrogen and oxygen atoms in total. The van der Waals surface area contributed by atoms with E-state index < -0.39 is 0 Å². The minimum absolute atomic E-state index is 0.371. The van der Waals surface area contributed by atoms with Crippen LogP contribution in [0, 0.1) is 0 Å². The Morgan fingerprint density at radius 2 is 2.00 bits per heavy atom. The van der Waals surface area contributed by atoms with E-state index in [1.807, 2.05) is 4.57 Å². The maximum Gasteiger partial charge on any atom is 0.138 e. The Morgan fingerprint density at radius 1 is 1.14 bits per heavy atom. The lowest BCUT2D eigenvalue weighted by atomic mass is 9.84. The molecular weight excluding hydrogens is 178 g/mol. The summed E-state index contributed by atoms with van der Waals surface area (Å²) in [5, 5.41) is 18.3. The highest BCUT2D eigenvalue weighted by atomic mass is 16.3. The van der Waals surface area contributed by atoms with Crippen LogP contribution in [0.15, 0.2) is 0 Å². The first-order valence-electron chi connectivity index (χ1n) is 5.48. The number of aliphatic hydroxyl groups excluding tert-OH is 1. The second kappa shape index (κ2) is 3.05. The van der Waals surface area contributed by atoms with Crippen LogP contribution in [-0.4, -0.2) is 19.9 Å². The SMILES string of the molecule is OC1CCCc2nnc(C3CCC3)n21. The van der Waals surface area contributed by atoms with Gasteiger partial charge < -0.3 is 5.11 Å². The van der Waals surface area contributed by atoms with Crippen LogP contribution in [0.2, 0.25) is 0 Å². The van der Waals surface area contributed by atoms with Crippen molar-refractivity contribution in [2.45, 2.75) is 50.7 Å². The molecule has 14 heavy (non-hydrogen) atoms. The number of rotatable bonds is 1. The molecule has 76 valence electrons. The first kappa shape index (κ1) is 8.41. The molecule has 1 N–H and O–H groups in total. The Kier molecular flexibility index (Phi) is 1.83. The first-order valence-corrected chi connectivity index (χ1v) is 5.48. The molecule has 0 amide bonds. The normalized spacial score (nSPS) is 27.1. The fourth-order valence-electron chi connectivity index (χ4n) is 2.35. The van der Waals surface area contributed by atoms with Gasteiger partial charge in [-0.3, -0.25) is 4.57 Å². The van der Waals surface area contributed by atoms with Gasteiger partial charge >= 0.3 is 0 Å². The summed E-state index contributed by atoms with van der Waals surface area (Å²) in [6.45, 7) is 0. The number of aryl methyl sites for hydroxylation is 1. The number of fused-ring (bicyclic) bond motifs is 1. The molecule has 0 aromatic carbocycles. The molecule has 3 rings (SSSR count). The van der Waals surface area contributed by atoms with Crippen molar-refractivity contribution < 1.29 is 5.11 Å². The monoisotopic (exact) mass is 193 g/mol. The predicted octanol–water partition coefficient (Wildman–Crippen LogP) is 1.37. The molecule has 0 bridgehead atoms. The summed E-state index contributed by atoms with van der Waals surface area (Å²) in [5.74, 6) is 2.56. The molecule has 1 aliphatic carbocycles. The number of nitrogens with zero attached hydrogens (tertiary/aromatic N) is 3. The lowest BCUT2D eigenvalue weighted by molar-refractivity contribution is 0.0719. The molecule has 0 radical (unpaired) electrons. The van der Waals surface area contributed by atoms with Crippen molar-refractivity contribution >= 4 is 0 Å². The Morgan fingerprint density at radius 3 is 2.71 bits per heavy atom. The van der Waals surface area contributed by atoms with E-state index in [1.54, 1.807) is 0 Å². The second-order valence-electron chi connectivity index (χ2n) is 4.35. The molecule has 1 atom stereocenters. The van der Waals surface area contributed by atoms with Crippen molar-refractivity contribution in [3.05, 3.63) is 11.6 Å². The Hall–Kier alpha value is -0.900. The lowest BCUT2D eigenvalue weighted by Crippen LogP contribution is -2.23. The summed E-state index contributed by atoms with van der Waals surface area (Å²) in [5.41, 5.74) is 0. The van der Waals surface area contributed by atoms with Gasteiger partial charge in [0.25, 0.3) is 0 Å². The summed E-state index contributed by atoms with van der Waals surface area (Å²) in [4.78, 5) is 0. The van der Waals surface area contributed by atoms with Crippen LogP contribution in [0.25, 0.3) is 0 Å². The van der Waals surface area contributed by atoms with Crippen LogP contribution in [0.5, 0.6) is 0 Å². The maximum absolute atomic E-state index is 9.88. The van der Waals surface area contributed by atoms with Crippen LogP contribution in [-0.2, 0) is 6.42 Å². The van der Waals surface area contributed by atoms with E-state index in [9.17, 15) is 5.11 Å². The third-order valence-corrected chi connectivity index (χ3v) is 3.42. The first-order chi connectivity index (χ1) is 6.86. The summed E-state index contributed by atoms with van der Waals surface area (Å²) < 4.78 is 1.97. The smallest absolute Gasteiger partial charge is 0.138 e. The van der Waals surface area contributed by atoms with Gasteiger partial charge in [0.2, 0.25) is 0 Å².